The van der Waals surface area contributed by atoms with E-state index in [0.717, 1.165) is 60.4 Å². The molecule has 0 atom stereocenters. The first-order valence-corrected chi connectivity index (χ1v) is 17.8. The van der Waals surface area contributed by atoms with Crippen LogP contribution in [0.25, 0.3) is 104 Å². The minimum Gasteiger partial charge on any atom is -0.456 e. The van der Waals surface area contributed by atoms with Gasteiger partial charge in [0.05, 0.1) is 11.0 Å². The number of benzene rings is 7. The van der Waals surface area contributed by atoms with Crippen LogP contribution < -0.4 is 0 Å². The molecule has 0 amide bonds. The van der Waals surface area contributed by atoms with Gasteiger partial charge in [0, 0.05) is 52.8 Å². The molecule has 0 aliphatic rings. The van der Waals surface area contributed by atoms with Gasteiger partial charge >= 0.3 is 0 Å². The van der Waals surface area contributed by atoms with Gasteiger partial charge in [-0.3, -0.25) is 4.57 Å². The van der Waals surface area contributed by atoms with Gasteiger partial charge in [0.25, 0.3) is 0 Å². The van der Waals surface area contributed by atoms with Crippen LogP contribution in [0.4, 0.5) is 0 Å². The Bertz CT molecular complexity index is 3100. The average molecular weight is 671 g/mol. The Morgan fingerprint density at radius 2 is 0.922 bits per heavy atom. The number of para-hydroxylation sites is 2. The molecule has 5 nitrogen and oxygen atoms in total. The van der Waals surface area contributed by atoms with E-state index in [9.17, 15) is 0 Å². The number of fused-ring (bicyclic) bond motifs is 9. The van der Waals surface area contributed by atoms with Gasteiger partial charge in [-0.05, 0) is 71.8 Å². The van der Waals surface area contributed by atoms with Crippen molar-refractivity contribution in [1.82, 2.24) is 19.5 Å². The van der Waals surface area contributed by atoms with E-state index in [1.807, 2.05) is 53.8 Å². The van der Waals surface area contributed by atoms with Gasteiger partial charge in [0.2, 0.25) is 5.95 Å². The number of hydrogen-bond donors (Lipinski definition) is 0. The highest BCUT2D eigenvalue weighted by Gasteiger charge is 2.19. The highest BCUT2D eigenvalue weighted by Crippen LogP contribution is 2.39. The van der Waals surface area contributed by atoms with Crippen molar-refractivity contribution in [1.29, 1.82) is 0 Å². The number of furan rings is 1. The molecule has 0 unspecified atom stereocenters. The molecule has 4 heterocycles. The summed E-state index contributed by atoms with van der Waals surface area (Å²) in [6.07, 6.45) is 0. The maximum Gasteiger partial charge on any atom is 0.238 e. The van der Waals surface area contributed by atoms with Gasteiger partial charge in [-0.1, -0.05) is 97.1 Å². The number of hydrogen-bond acceptors (Lipinski definition) is 5. The van der Waals surface area contributed by atoms with Crippen LogP contribution in [0.15, 0.2) is 162 Å². The van der Waals surface area contributed by atoms with Crippen molar-refractivity contribution in [2.75, 3.05) is 0 Å². The molecule has 51 heavy (non-hydrogen) atoms. The predicted molar refractivity (Wildman–Crippen MR) is 211 cm³/mol. The van der Waals surface area contributed by atoms with Crippen LogP contribution in [0, 0.1) is 0 Å². The molecule has 0 aliphatic carbocycles. The molecule has 0 fully saturated rings. The summed E-state index contributed by atoms with van der Waals surface area (Å²) in [7, 11) is 0. The maximum atomic E-state index is 6.37. The second kappa shape index (κ2) is 10.9. The Hall–Kier alpha value is -6.63. The maximum absolute atomic E-state index is 6.37. The topological polar surface area (TPSA) is 56.7 Å². The van der Waals surface area contributed by atoms with Crippen molar-refractivity contribution in [2.45, 2.75) is 0 Å². The summed E-state index contributed by atoms with van der Waals surface area (Å²) < 4.78 is 11.1. The van der Waals surface area contributed by atoms with Gasteiger partial charge in [-0.2, -0.15) is 9.97 Å². The van der Waals surface area contributed by atoms with E-state index in [1.54, 1.807) is 0 Å². The normalized spacial score (nSPS) is 11.9. The van der Waals surface area contributed by atoms with Crippen molar-refractivity contribution in [3.63, 3.8) is 0 Å². The van der Waals surface area contributed by atoms with Crippen molar-refractivity contribution < 1.29 is 4.42 Å². The molecule has 0 N–H and O–H groups in total. The van der Waals surface area contributed by atoms with Crippen LogP contribution in [0.2, 0.25) is 0 Å². The summed E-state index contributed by atoms with van der Waals surface area (Å²) in [4.78, 5) is 15.3. The summed E-state index contributed by atoms with van der Waals surface area (Å²) >= 11 is 1.84. The van der Waals surface area contributed by atoms with Gasteiger partial charge in [0.1, 0.15) is 11.2 Å². The lowest BCUT2D eigenvalue weighted by Crippen LogP contribution is -2.06. The highest BCUT2D eigenvalue weighted by molar-refractivity contribution is 7.25. The fourth-order valence-corrected chi connectivity index (χ4v) is 8.54. The Kier molecular flexibility index (Phi) is 6.05. The Morgan fingerprint density at radius 1 is 0.392 bits per heavy atom. The largest absolute Gasteiger partial charge is 0.456 e. The van der Waals surface area contributed by atoms with Crippen LogP contribution >= 0.6 is 11.3 Å². The standard InChI is InChI=1S/C45H26N4OS/c1-2-10-27(11-3-1)43-46-44(48-45(47-43)49-37-15-7-4-12-31(37)32-13-5-8-16-38(32)49)30-19-22-40-35(26-30)34-24-28(18-21-39(34)50-40)29-20-23-42-36(25-29)33-14-6-9-17-41(33)51-42/h1-26H. The van der Waals surface area contributed by atoms with E-state index in [0.29, 0.717) is 17.6 Å². The zero-order valence-corrected chi connectivity index (χ0v) is 27.9. The summed E-state index contributed by atoms with van der Waals surface area (Å²) in [6.45, 7) is 0. The third kappa shape index (κ3) is 4.43. The molecular formula is C45H26N4OS. The molecule has 7 aromatic carbocycles. The van der Waals surface area contributed by atoms with Gasteiger partial charge < -0.3 is 4.42 Å². The van der Waals surface area contributed by atoms with E-state index in [1.165, 1.54) is 25.7 Å². The second-order valence-electron chi connectivity index (χ2n) is 12.9. The Morgan fingerprint density at radius 3 is 1.65 bits per heavy atom. The van der Waals surface area contributed by atoms with Crippen LogP contribution in [0.3, 0.4) is 0 Å². The van der Waals surface area contributed by atoms with Crippen LogP contribution in [-0.2, 0) is 0 Å². The van der Waals surface area contributed by atoms with Crippen LogP contribution in [0.1, 0.15) is 0 Å². The zero-order valence-electron chi connectivity index (χ0n) is 27.1. The first-order chi connectivity index (χ1) is 25.2. The first kappa shape index (κ1) is 28.2. The SMILES string of the molecule is c1ccc(-c2nc(-c3ccc4oc5ccc(-c6ccc7sc8ccccc8c7c6)cc5c4c3)nc(-n3c4ccccc4c4ccccc43)n2)cc1. The van der Waals surface area contributed by atoms with E-state index in [2.05, 4.69) is 120 Å². The molecule has 238 valence electrons. The number of aromatic nitrogens is 4. The van der Waals surface area contributed by atoms with E-state index in [4.69, 9.17) is 19.4 Å². The molecule has 0 saturated carbocycles. The number of thiophene rings is 1. The fraction of sp³-hybridized carbons (Fsp3) is 0. The molecule has 0 saturated heterocycles. The smallest absolute Gasteiger partial charge is 0.238 e. The van der Waals surface area contributed by atoms with Gasteiger partial charge in [-0.25, -0.2) is 4.98 Å². The minimum absolute atomic E-state index is 0.576. The predicted octanol–water partition coefficient (Wildman–Crippen LogP) is 12.2. The molecule has 0 bridgehead atoms. The molecule has 0 spiro atoms. The van der Waals surface area contributed by atoms with E-state index < -0.39 is 0 Å². The average Bonchev–Trinajstić information content (AvgIpc) is 3.87. The zero-order chi connectivity index (χ0) is 33.5. The van der Waals surface area contributed by atoms with Crippen molar-refractivity contribution in [3.05, 3.63) is 158 Å². The van der Waals surface area contributed by atoms with Crippen molar-refractivity contribution in [2.24, 2.45) is 0 Å². The quantitative estimate of drug-likeness (QED) is 0.187. The molecule has 11 aromatic rings. The molecule has 11 rings (SSSR count). The summed E-state index contributed by atoms with van der Waals surface area (Å²) in [5.74, 6) is 1.79. The van der Waals surface area contributed by atoms with E-state index >= 15 is 0 Å². The first-order valence-electron chi connectivity index (χ1n) is 16.9. The van der Waals surface area contributed by atoms with Crippen LogP contribution in [-0.4, -0.2) is 19.5 Å². The summed E-state index contributed by atoms with van der Waals surface area (Å²) in [6, 6.07) is 55.0. The highest BCUT2D eigenvalue weighted by atomic mass is 32.1. The van der Waals surface area contributed by atoms with Gasteiger partial charge in [0.15, 0.2) is 11.6 Å². The lowest BCUT2D eigenvalue weighted by molar-refractivity contribution is 0.669. The van der Waals surface area contributed by atoms with Crippen molar-refractivity contribution >= 4 is 75.3 Å². The summed E-state index contributed by atoms with van der Waals surface area (Å²) in [5.41, 5.74) is 7.91. The molecule has 6 heteroatoms. The van der Waals surface area contributed by atoms with Gasteiger partial charge in [-0.15, -0.1) is 11.3 Å². The third-order valence-electron chi connectivity index (χ3n) is 9.87. The van der Waals surface area contributed by atoms with E-state index in [-0.39, 0.29) is 0 Å². The summed E-state index contributed by atoms with van der Waals surface area (Å²) in [5, 5.41) is 6.97. The minimum atomic E-state index is 0.576. The molecule has 0 radical (unpaired) electrons. The molecule has 0 aliphatic heterocycles. The monoisotopic (exact) mass is 670 g/mol. The lowest BCUT2D eigenvalue weighted by atomic mass is 10.0. The second-order valence-corrected chi connectivity index (χ2v) is 13.9. The lowest BCUT2D eigenvalue weighted by Gasteiger charge is -2.11. The third-order valence-corrected chi connectivity index (χ3v) is 11.0. The molecular weight excluding hydrogens is 645 g/mol. The Balaban J connectivity index is 1.10. The fourth-order valence-electron chi connectivity index (χ4n) is 7.45. The van der Waals surface area contributed by atoms with Crippen molar-refractivity contribution in [3.8, 4) is 39.9 Å². The van der Waals surface area contributed by atoms with Crippen LogP contribution in [0.5, 0.6) is 0 Å². The molecule has 4 aromatic heterocycles. The number of rotatable bonds is 4. The Labute approximate surface area is 295 Å². The number of nitrogens with zero attached hydrogens (tertiary/aromatic N) is 4.